The minimum Gasteiger partial charge on any atom is -0.478 e. The molecule has 4 N–H and O–H groups in total. The van der Waals surface area contributed by atoms with Gasteiger partial charge in [0.2, 0.25) is 0 Å². The van der Waals surface area contributed by atoms with Gasteiger partial charge in [-0.2, -0.15) is 0 Å². The van der Waals surface area contributed by atoms with Crippen LogP contribution in [0.1, 0.15) is 10.4 Å². The molecule has 0 aromatic heterocycles. The Balaban J connectivity index is 2.55. The summed E-state index contributed by atoms with van der Waals surface area (Å²) < 4.78 is 53.1. The molecule has 0 bridgehead atoms. The Hall–Kier alpha value is -2.77. The number of carbonyl (C=O) groups is 1. The smallest absolute Gasteiger partial charge is 0.340 e. The van der Waals surface area contributed by atoms with Crippen molar-refractivity contribution in [3.8, 4) is 0 Å². The lowest BCUT2D eigenvalue weighted by Gasteiger charge is -2.13. The highest BCUT2D eigenvalue weighted by atomic mass is 19.1. The van der Waals surface area contributed by atoms with E-state index in [1.54, 1.807) is 0 Å². The number of benzene rings is 2. The minimum atomic E-state index is -1.59. The van der Waals surface area contributed by atoms with E-state index in [1.165, 1.54) is 0 Å². The second kappa shape index (κ2) is 5.31. The largest absolute Gasteiger partial charge is 0.478 e. The van der Waals surface area contributed by atoms with Gasteiger partial charge in [0.05, 0.1) is 11.4 Å². The molecule has 0 saturated carbocycles. The number of carboxylic acids is 1. The van der Waals surface area contributed by atoms with Crippen LogP contribution in [0.25, 0.3) is 0 Å². The Morgan fingerprint density at radius 3 is 2.14 bits per heavy atom. The van der Waals surface area contributed by atoms with Crippen LogP contribution in [-0.4, -0.2) is 11.1 Å². The number of hydrogen-bond acceptors (Lipinski definition) is 3. The second-order valence-corrected chi connectivity index (χ2v) is 4.06. The van der Waals surface area contributed by atoms with Crippen molar-refractivity contribution in [2.24, 2.45) is 0 Å². The van der Waals surface area contributed by atoms with Crippen LogP contribution in [-0.2, 0) is 0 Å². The number of halogens is 4. The summed E-state index contributed by atoms with van der Waals surface area (Å²) in [5, 5.41) is 11.1. The van der Waals surface area contributed by atoms with E-state index in [9.17, 15) is 22.4 Å². The predicted molar refractivity (Wildman–Crippen MR) is 67.4 cm³/mol. The molecule has 0 spiro atoms. The summed E-state index contributed by atoms with van der Waals surface area (Å²) in [5.41, 5.74) is 2.83. The maximum atomic E-state index is 13.5. The van der Waals surface area contributed by atoms with Gasteiger partial charge in [-0.15, -0.1) is 0 Å². The molecule has 4 nitrogen and oxygen atoms in total. The number of anilines is 3. The lowest BCUT2D eigenvalue weighted by Crippen LogP contribution is -2.10. The monoisotopic (exact) mass is 300 g/mol. The van der Waals surface area contributed by atoms with E-state index in [-0.39, 0.29) is 5.69 Å². The summed E-state index contributed by atoms with van der Waals surface area (Å²) in [7, 11) is 0. The number of rotatable bonds is 3. The first-order chi connectivity index (χ1) is 9.81. The molecule has 0 radical (unpaired) electrons. The van der Waals surface area contributed by atoms with Crippen LogP contribution in [0.4, 0.5) is 34.6 Å². The molecule has 0 saturated heterocycles. The Bertz CT molecular complexity index is 711. The highest BCUT2D eigenvalue weighted by Crippen LogP contribution is 2.30. The summed E-state index contributed by atoms with van der Waals surface area (Å²) in [6.07, 6.45) is 0. The first-order valence-corrected chi connectivity index (χ1v) is 5.54. The molecule has 0 aliphatic rings. The van der Waals surface area contributed by atoms with Gasteiger partial charge in [-0.1, -0.05) is 0 Å². The van der Waals surface area contributed by atoms with Crippen molar-refractivity contribution >= 4 is 23.0 Å². The van der Waals surface area contributed by atoms with Crippen LogP contribution >= 0.6 is 0 Å². The second-order valence-electron chi connectivity index (χ2n) is 4.06. The van der Waals surface area contributed by atoms with Gasteiger partial charge >= 0.3 is 5.97 Å². The fourth-order valence-corrected chi connectivity index (χ4v) is 1.72. The third-order valence-corrected chi connectivity index (χ3v) is 2.67. The Morgan fingerprint density at radius 1 is 1.05 bits per heavy atom. The normalized spacial score (nSPS) is 10.5. The van der Waals surface area contributed by atoms with Gasteiger partial charge in [-0.05, 0) is 12.1 Å². The van der Waals surface area contributed by atoms with Gasteiger partial charge in [0.1, 0.15) is 22.9 Å². The molecule has 0 aliphatic carbocycles. The van der Waals surface area contributed by atoms with E-state index in [4.69, 9.17) is 10.8 Å². The molecule has 0 amide bonds. The van der Waals surface area contributed by atoms with Gasteiger partial charge in [-0.25, -0.2) is 22.4 Å². The van der Waals surface area contributed by atoms with Gasteiger partial charge in [0, 0.05) is 12.1 Å². The molecule has 110 valence electrons. The van der Waals surface area contributed by atoms with Gasteiger partial charge < -0.3 is 16.2 Å². The molecular weight excluding hydrogens is 292 g/mol. The molecule has 0 unspecified atom stereocenters. The zero-order valence-electron chi connectivity index (χ0n) is 10.3. The maximum absolute atomic E-state index is 13.5. The Labute approximate surface area is 115 Å². The molecular formula is C13H8F4N2O2. The molecule has 2 aromatic rings. The molecule has 8 heteroatoms. The number of aromatic carboxylic acids is 1. The van der Waals surface area contributed by atoms with Gasteiger partial charge in [-0.3, -0.25) is 0 Å². The van der Waals surface area contributed by atoms with Crippen LogP contribution in [0, 0.1) is 23.3 Å². The molecule has 2 aromatic carbocycles. The van der Waals surface area contributed by atoms with Crippen molar-refractivity contribution in [3.63, 3.8) is 0 Å². The fourth-order valence-electron chi connectivity index (χ4n) is 1.72. The van der Waals surface area contributed by atoms with Crippen molar-refractivity contribution < 1.29 is 27.5 Å². The molecule has 0 fully saturated rings. The molecule has 21 heavy (non-hydrogen) atoms. The summed E-state index contributed by atoms with van der Waals surface area (Å²) in [6.45, 7) is 0. The number of nitrogens with one attached hydrogen (secondary N) is 1. The standard InChI is InChI=1S/C13H8F4N2O2/c14-5-3-7(16)12(8(17)4-5)19-9-2-1-6(15)11(18)10(9)13(20)21/h1-4,19H,18H2,(H,20,21). The SMILES string of the molecule is Nc1c(F)ccc(Nc2c(F)cc(F)cc2F)c1C(=O)O. The highest BCUT2D eigenvalue weighted by Gasteiger charge is 2.20. The lowest BCUT2D eigenvalue weighted by molar-refractivity contribution is 0.0698. The first-order valence-electron chi connectivity index (χ1n) is 5.54. The summed E-state index contributed by atoms with van der Waals surface area (Å²) >= 11 is 0. The third-order valence-electron chi connectivity index (χ3n) is 2.67. The zero-order chi connectivity index (χ0) is 15.7. The third kappa shape index (κ3) is 2.73. The number of carboxylic acid groups (broad SMARTS) is 1. The van der Waals surface area contributed by atoms with Crippen LogP contribution in [0.3, 0.4) is 0 Å². The molecule has 0 heterocycles. The van der Waals surface area contributed by atoms with E-state index in [0.29, 0.717) is 12.1 Å². The molecule has 2 rings (SSSR count). The summed E-state index contributed by atoms with van der Waals surface area (Å²) in [5.74, 6) is -6.25. The van der Waals surface area contributed by atoms with E-state index in [2.05, 4.69) is 5.32 Å². The Kier molecular flexibility index (Phi) is 3.70. The van der Waals surface area contributed by atoms with Gasteiger partial charge in [0.15, 0.2) is 11.6 Å². The van der Waals surface area contributed by atoms with Crippen LogP contribution in [0.2, 0.25) is 0 Å². The summed E-state index contributed by atoms with van der Waals surface area (Å²) in [4.78, 5) is 11.1. The van der Waals surface area contributed by atoms with E-state index >= 15 is 0 Å². The van der Waals surface area contributed by atoms with E-state index in [1.807, 2.05) is 0 Å². The number of nitrogen functional groups attached to an aromatic ring is 1. The summed E-state index contributed by atoms with van der Waals surface area (Å²) in [6, 6.07) is 2.62. The van der Waals surface area contributed by atoms with Crippen LogP contribution in [0.15, 0.2) is 24.3 Å². The lowest BCUT2D eigenvalue weighted by atomic mass is 10.1. The van der Waals surface area contributed by atoms with Crippen molar-refractivity contribution in [1.82, 2.24) is 0 Å². The molecule has 0 aliphatic heterocycles. The predicted octanol–water partition coefficient (Wildman–Crippen LogP) is 3.27. The van der Waals surface area contributed by atoms with Crippen molar-refractivity contribution in [2.45, 2.75) is 0 Å². The minimum absolute atomic E-state index is 0.328. The highest BCUT2D eigenvalue weighted by molar-refractivity contribution is 6.00. The van der Waals surface area contributed by atoms with E-state index in [0.717, 1.165) is 12.1 Å². The molecule has 0 atom stereocenters. The fraction of sp³-hybridized carbons (Fsp3) is 0. The first kappa shape index (κ1) is 14.6. The quantitative estimate of drug-likeness (QED) is 0.600. The average molecular weight is 300 g/mol. The maximum Gasteiger partial charge on any atom is 0.340 e. The van der Waals surface area contributed by atoms with Crippen molar-refractivity contribution in [3.05, 3.63) is 53.1 Å². The van der Waals surface area contributed by atoms with Crippen LogP contribution < -0.4 is 11.1 Å². The number of nitrogens with two attached hydrogens (primary N) is 1. The zero-order valence-corrected chi connectivity index (χ0v) is 10.3. The van der Waals surface area contributed by atoms with Gasteiger partial charge in [0.25, 0.3) is 0 Å². The van der Waals surface area contributed by atoms with Crippen molar-refractivity contribution in [1.29, 1.82) is 0 Å². The number of hydrogen-bond donors (Lipinski definition) is 3. The Morgan fingerprint density at radius 2 is 1.62 bits per heavy atom. The van der Waals surface area contributed by atoms with E-state index < -0.39 is 46.2 Å². The van der Waals surface area contributed by atoms with Crippen molar-refractivity contribution in [2.75, 3.05) is 11.1 Å². The average Bonchev–Trinajstić information content (AvgIpc) is 2.37. The van der Waals surface area contributed by atoms with Crippen LogP contribution in [0.5, 0.6) is 0 Å². The topological polar surface area (TPSA) is 75.3 Å².